The van der Waals surface area contributed by atoms with E-state index >= 15 is 0 Å². The number of benzene rings is 1. The van der Waals surface area contributed by atoms with Crippen molar-refractivity contribution in [3.05, 3.63) is 81.8 Å². The van der Waals surface area contributed by atoms with E-state index < -0.39 is 6.17 Å². The van der Waals surface area contributed by atoms with Crippen LogP contribution < -0.4 is 16.0 Å². The molecular weight excluding hydrogens is 447 g/mol. The topological polar surface area (TPSA) is 48.5 Å². The number of nitrogens with one attached hydrogen (secondary N) is 3. The molecule has 34 heavy (non-hydrogen) atoms. The summed E-state index contributed by atoms with van der Waals surface area (Å²) in [6.45, 7) is 11.1. The molecule has 1 heterocycles. The first kappa shape index (κ1) is 26.1. The number of alkyl halides is 1. The maximum absolute atomic E-state index is 14.7. The quantitative estimate of drug-likeness (QED) is 0.398. The average Bonchev–Trinajstić information content (AvgIpc) is 3.10. The molecule has 2 unspecified atom stereocenters. The van der Waals surface area contributed by atoms with Crippen LogP contribution in [-0.4, -0.2) is 18.6 Å². The first-order valence-electron chi connectivity index (χ1n) is 12.6. The molecule has 1 aromatic carbocycles. The standard InChI is InChI=1S/C26H32ClFN4.C2H6/c1-3-16-29-24-18(12-9-14-22(24)28)17(2)30-26-20-11-5-4-6-15-23(20)31-25(32-26)19-10-7-8-13-21(19)27;1-2/h7-10,12-13,22,25,29,31H,2-6,11,14-16H2,1H3,(H,30,32);1-2H3. The molecule has 1 aromatic rings. The van der Waals surface area contributed by atoms with Crippen LogP contribution in [0.4, 0.5) is 4.39 Å². The van der Waals surface area contributed by atoms with E-state index in [9.17, 15) is 4.39 Å². The molecule has 0 saturated heterocycles. The fourth-order valence-electron chi connectivity index (χ4n) is 4.48. The maximum Gasteiger partial charge on any atom is 0.148 e. The van der Waals surface area contributed by atoms with Gasteiger partial charge in [0.25, 0.3) is 0 Å². The van der Waals surface area contributed by atoms with Crippen LogP contribution in [0.2, 0.25) is 5.02 Å². The van der Waals surface area contributed by atoms with E-state index in [1.54, 1.807) is 0 Å². The van der Waals surface area contributed by atoms with Crippen molar-refractivity contribution in [2.45, 2.75) is 78.1 Å². The Morgan fingerprint density at radius 2 is 1.97 bits per heavy atom. The summed E-state index contributed by atoms with van der Waals surface area (Å²) in [5.41, 5.74) is 5.42. The molecule has 2 atom stereocenters. The first-order valence-corrected chi connectivity index (χ1v) is 13.0. The lowest BCUT2D eigenvalue weighted by atomic mass is 9.98. The second kappa shape index (κ2) is 12.8. The van der Waals surface area contributed by atoms with Gasteiger partial charge in [0, 0.05) is 46.1 Å². The van der Waals surface area contributed by atoms with E-state index in [1.165, 1.54) is 17.7 Å². The number of hydrogen-bond acceptors (Lipinski definition) is 4. The summed E-state index contributed by atoms with van der Waals surface area (Å²) in [6.07, 6.45) is 9.26. The van der Waals surface area contributed by atoms with Gasteiger partial charge in [-0.2, -0.15) is 0 Å². The van der Waals surface area contributed by atoms with Gasteiger partial charge in [-0.15, -0.1) is 0 Å². The van der Waals surface area contributed by atoms with Crippen molar-refractivity contribution in [3.63, 3.8) is 0 Å². The lowest BCUT2D eigenvalue weighted by Gasteiger charge is -2.30. The first-order chi connectivity index (χ1) is 16.6. The molecule has 0 amide bonds. The van der Waals surface area contributed by atoms with Crippen LogP contribution in [0, 0.1) is 0 Å². The molecule has 6 heteroatoms. The Kier molecular flexibility index (Phi) is 9.82. The van der Waals surface area contributed by atoms with Crippen LogP contribution >= 0.6 is 11.6 Å². The van der Waals surface area contributed by atoms with E-state index in [0.29, 0.717) is 22.8 Å². The lowest BCUT2D eigenvalue weighted by Crippen LogP contribution is -2.36. The Hall–Kier alpha value is -2.53. The highest BCUT2D eigenvalue weighted by molar-refractivity contribution is 6.31. The monoisotopic (exact) mass is 484 g/mol. The normalized spacial score (nSPS) is 22.0. The van der Waals surface area contributed by atoms with Crippen LogP contribution in [0.1, 0.15) is 77.4 Å². The Labute approximate surface area is 209 Å². The Bertz CT molecular complexity index is 992. The molecule has 3 aliphatic rings. The average molecular weight is 485 g/mol. The summed E-state index contributed by atoms with van der Waals surface area (Å²) in [4.78, 5) is 5.01. The number of hydrogen-bond donors (Lipinski definition) is 3. The molecule has 4 rings (SSSR count). The molecule has 0 spiro atoms. The van der Waals surface area contributed by atoms with E-state index in [4.69, 9.17) is 16.6 Å². The van der Waals surface area contributed by atoms with Gasteiger partial charge in [-0.3, -0.25) is 0 Å². The Morgan fingerprint density at radius 3 is 2.74 bits per heavy atom. The summed E-state index contributed by atoms with van der Waals surface area (Å²) in [5, 5.41) is 11.0. The van der Waals surface area contributed by atoms with E-state index in [-0.39, 0.29) is 6.17 Å². The number of aliphatic imine (C=N–C) groups is 1. The van der Waals surface area contributed by atoms with Crippen LogP contribution in [0.25, 0.3) is 0 Å². The molecule has 2 aliphatic carbocycles. The van der Waals surface area contributed by atoms with Gasteiger partial charge in [-0.25, -0.2) is 9.38 Å². The summed E-state index contributed by atoms with van der Waals surface area (Å²) < 4.78 is 14.7. The van der Waals surface area contributed by atoms with E-state index in [2.05, 4.69) is 29.5 Å². The van der Waals surface area contributed by atoms with Gasteiger partial charge in [0.05, 0.1) is 5.70 Å². The molecule has 0 radical (unpaired) electrons. The molecular formula is C28H38ClFN4. The third-order valence-corrected chi connectivity index (χ3v) is 6.51. The highest BCUT2D eigenvalue weighted by Gasteiger charge is 2.28. The van der Waals surface area contributed by atoms with Crippen LogP contribution in [0.3, 0.4) is 0 Å². The molecule has 3 N–H and O–H groups in total. The number of rotatable bonds is 6. The smallest absolute Gasteiger partial charge is 0.148 e. The highest BCUT2D eigenvalue weighted by atomic mass is 35.5. The summed E-state index contributed by atoms with van der Waals surface area (Å²) in [5.74, 6) is 0.812. The molecule has 0 bridgehead atoms. The van der Waals surface area contributed by atoms with Crippen molar-refractivity contribution in [2.24, 2.45) is 4.99 Å². The van der Waals surface area contributed by atoms with Crippen LogP contribution in [-0.2, 0) is 0 Å². The Balaban J connectivity index is 0.00000158. The van der Waals surface area contributed by atoms with Gasteiger partial charge in [-0.1, -0.05) is 75.7 Å². The Morgan fingerprint density at radius 1 is 1.21 bits per heavy atom. The number of amidine groups is 1. The SMILES string of the molecule is C=C(NC1=NC(c2ccccc2Cl)NC2=C1CCCCC2)C1=C(NCCC)C(F)CC=C1.CC. The molecule has 0 saturated carbocycles. The minimum atomic E-state index is -1.04. The fraction of sp³-hybridized carbons (Fsp3) is 0.464. The second-order valence-electron chi connectivity index (χ2n) is 8.53. The second-order valence-corrected chi connectivity index (χ2v) is 8.93. The fourth-order valence-corrected chi connectivity index (χ4v) is 4.72. The molecule has 4 nitrogen and oxygen atoms in total. The summed E-state index contributed by atoms with van der Waals surface area (Å²) in [7, 11) is 0. The number of nitrogens with zero attached hydrogens (tertiary/aromatic N) is 1. The molecule has 184 valence electrons. The van der Waals surface area contributed by atoms with Crippen molar-refractivity contribution in [2.75, 3.05) is 6.54 Å². The number of allylic oxidation sites excluding steroid dienone is 4. The third-order valence-electron chi connectivity index (χ3n) is 6.16. The molecule has 0 aromatic heterocycles. The van der Waals surface area contributed by atoms with Gasteiger partial charge in [0.1, 0.15) is 18.2 Å². The van der Waals surface area contributed by atoms with Crippen LogP contribution in [0.5, 0.6) is 0 Å². The largest absolute Gasteiger partial charge is 0.385 e. The zero-order valence-electron chi connectivity index (χ0n) is 20.7. The zero-order valence-corrected chi connectivity index (χ0v) is 21.4. The van der Waals surface area contributed by atoms with Gasteiger partial charge < -0.3 is 16.0 Å². The van der Waals surface area contributed by atoms with Crippen molar-refractivity contribution in [3.8, 4) is 0 Å². The molecule has 0 fully saturated rings. The van der Waals surface area contributed by atoms with Crippen molar-refractivity contribution < 1.29 is 4.39 Å². The third kappa shape index (κ3) is 6.12. The van der Waals surface area contributed by atoms with Crippen molar-refractivity contribution in [1.29, 1.82) is 0 Å². The highest BCUT2D eigenvalue weighted by Crippen LogP contribution is 2.33. The van der Waals surface area contributed by atoms with Crippen molar-refractivity contribution >= 4 is 17.4 Å². The van der Waals surface area contributed by atoms with E-state index in [0.717, 1.165) is 55.6 Å². The predicted molar refractivity (Wildman–Crippen MR) is 142 cm³/mol. The summed E-state index contributed by atoms with van der Waals surface area (Å²) >= 11 is 6.49. The predicted octanol–water partition coefficient (Wildman–Crippen LogP) is 7.24. The van der Waals surface area contributed by atoms with Crippen LogP contribution in [0.15, 0.2) is 76.2 Å². The van der Waals surface area contributed by atoms with Gasteiger partial charge in [0.15, 0.2) is 0 Å². The molecule has 1 aliphatic heterocycles. The van der Waals surface area contributed by atoms with Gasteiger partial charge in [0.2, 0.25) is 0 Å². The number of halogens is 2. The minimum absolute atomic E-state index is 0.265. The zero-order chi connectivity index (χ0) is 24.5. The summed E-state index contributed by atoms with van der Waals surface area (Å²) in [6, 6.07) is 7.80. The van der Waals surface area contributed by atoms with Crippen molar-refractivity contribution in [1.82, 2.24) is 16.0 Å². The van der Waals surface area contributed by atoms with Gasteiger partial charge in [-0.05, 0) is 38.2 Å². The lowest BCUT2D eigenvalue weighted by molar-refractivity contribution is 0.362. The van der Waals surface area contributed by atoms with E-state index in [1.807, 2.05) is 50.3 Å². The maximum atomic E-state index is 14.7. The van der Waals surface area contributed by atoms with Gasteiger partial charge >= 0.3 is 0 Å². The minimum Gasteiger partial charge on any atom is -0.385 e.